The van der Waals surface area contributed by atoms with Gasteiger partial charge >= 0.3 is 0 Å². The molecule has 2 N–H and O–H groups in total. The average molecular weight is 228 g/mol. The van der Waals surface area contributed by atoms with E-state index in [0.717, 1.165) is 30.5 Å². The van der Waals surface area contributed by atoms with Gasteiger partial charge in [0.15, 0.2) is 0 Å². The Hall–Kier alpha value is -1.61. The third-order valence-corrected chi connectivity index (χ3v) is 3.27. The Bertz CT molecular complexity index is 523. The Morgan fingerprint density at radius 2 is 2.00 bits per heavy atom. The highest BCUT2D eigenvalue weighted by Crippen LogP contribution is 2.35. The van der Waals surface area contributed by atoms with Crippen molar-refractivity contribution in [3.8, 4) is 11.5 Å². The van der Waals surface area contributed by atoms with E-state index in [4.69, 9.17) is 10.2 Å². The fourth-order valence-corrected chi connectivity index (χ4v) is 2.00. The molecule has 1 fully saturated rings. The molecule has 3 nitrogen and oxygen atoms in total. The molecule has 1 aliphatic rings. The molecule has 1 aromatic heterocycles. The van der Waals surface area contributed by atoms with Crippen molar-refractivity contribution in [3.05, 3.63) is 41.8 Å². The fourth-order valence-electron chi connectivity index (χ4n) is 2.00. The van der Waals surface area contributed by atoms with Gasteiger partial charge in [-0.25, -0.2) is 4.98 Å². The van der Waals surface area contributed by atoms with Crippen LogP contribution >= 0.6 is 0 Å². The number of nitrogens with two attached hydrogens (primary N) is 1. The summed E-state index contributed by atoms with van der Waals surface area (Å²) in [6, 6.07) is 8.32. The van der Waals surface area contributed by atoms with Crippen LogP contribution in [0, 0.1) is 6.92 Å². The first kappa shape index (κ1) is 10.5. The average Bonchev–Trinajstić information content (AvgIpc) is 2.87. The Balaban J connectivity index is 1.80. The topological polar surface area (TPSA) is 52.0 Å². The van der Waals surface area contributed by atoms with Crippen LogP contribution in [0.5, 0.6) is 0 Å². The summed E-state index contributed by atoms with van der Waals surface area (Å²) in [6.07, 6.45) is 4.93. The highest BCUT2D eigenvalue weighted by Gasteiger charge is 2.37. The van der Waals surface area contributed by atoms with Crippen molar-refractivity contribution < 1.29 is 4.42 Å². The quantitative estimate of drug-likeness (QED) is 0.878. The number of benzene rings is 1. The second-order valence-electron chi connectivity index (χ2n) is 5.03. The Morgan fingerprint density at radius 1 is 1.29 bits per heavy atom. The van der Waals surface area contributed by atoms with Crippen LogP contribution in [0.15, 0.2) is 34.9 Å². The standard InChI is InChI=1S/C14H16N2O/c1-10-9-17-13(16-10)12-4-2-11(3-5-12)8-14(15)6-7-14/h2-5,9H,6-8,15H2,1H3. The van der Waals surface area contributed by atoms with Gasteiger partial charge in [-0.05, 0) is 43.9 Å². The molecule has 1 aromatic carbocycles. The number of hydrogen-bond acceptors (Lipinski definition) is 3. The van der Waals surface area contributed by atoms with Crippen molar-refractivity contribution in [2.45, 2.75) is 31.7 Å². The van der Waals surface area contributed by atoms with Crippen LogP contribution in [0.3, 0.4) is 0 Å². The van der Waals surface area contributed by atoms with Gasteiger partial charge in [-0.1, -0.05) is 12.1 Å². The zero-order chi connectivity index (χ0) is 11.9. The maximum Gasteiger partial charge on any atom is 0.226 e. The van der Waals surface area contributed by atoms with Gasteiger partial charge in [-0.3, -0.25) is 0 Å². The number of nitrogens with zero attached hydrogens (tertiary/aromatic N) is 1. The molecule has 0 spiro atoms. The summed E-state index contributed by atoms with van der Waals surface area (Å²) in [5.74, 6) is 0.683. The highest BCUT2D eigenvalue weighted by atomic mass is 16.3. The lowest BCUT2D eigenvalue weighted by Gasteiger charge is -2.08. The third kappa shape index (κ3) is 2.24. The zero-order valence-corrected chi connectivity index (χ0v) is 9.94. The van der Waals surface area contributed by atoms with E-state index in [0.29, 0.717) is 5.89 Å². The van der Waals surface area contributed by atoms with Gasteiger partial charge in [0.25, 0.3) is 0 Å². The molecule has 1 aliphatic carbocycles. The Morgan fingerprint density at radius 3 is 2.53 bits per heavy atom. The minimum absolute atomic E-state index is 0.0705. The van der Waals surface area contributed by atoms with Gasteiger partial charge in [0.05, 0.1) is 5.69 Å². The number of hydrogen-bond donors (Lipinski definition) is 1. The van der Waals surface area contributed by atoms with Gasteiger partial charge in [0, 0.05) is 11.1 Å². The van der Waals surface area contributed by atoms with Crippen LogP contribution in [0.25, 0.3) is 11.5 Å². The third-order valence-electron chi connectivity index (χ3n) is 3.27. The van der Waals surface area contributed by atoms with E-state index in [1.807, 2.05) is 19.1 Å². The van der Waals surface area contributed by atoms with Crippen molar-refractivity contribution in [2.75, 3.05) is 0 Å². The van der Waals surface area contributed by atoms with Crippen LogP contribution in [-0.4, -0.2) is 10.5 Å². The van der Waals surface area contributed by atoms with Crippen molar-refractivity contribution in [2.24, 2.45) is 5.73 Å². The number of aryl methyl sites for hydroxylation is 1. The van der Waals surface area contributed by atoms with Crippen LogP contribution in [0.1, 0.15) is 24.1 Å². The number of aromatic nitrogens is 1. The normalized spacial score (nSPS) is 17.1. The second-order valence-corrected chi connectivity index (χ2v) is 5.03. The van der Waals surface area contributed by atoms with Crippen molar-refractivity contribution in [1.82, 2.24) is 4.98 Å². The van der Waals surface area contributed by atoms with Gasteiger partial charge < -0.3 is 10.2 Å². The van der Waals surface area contributed by atoms with Crippen LogP contribution in [0.4, 0.5) is 0 Å². The molecular weight excluding hydrogens is 212 g/mol. The molecule has 0 saturated heterocycles. The van der Waals surface area contributed by atoms with E-state index in [2.05, 4.69) is 17.1 Å². The molecule has 17 heavy (non-hydrogen) atoms. The first-order valence-electron chi connectivity index (χ1n) is 5.95. The molecule has 88 valence electrons. The number of rotatable bonds is 3. The predicted molar refractivity (Wildman–Crippen MR) is 66.5 cm³/mol. The largest absolute Gasteiger partial charge is 0.444 e. The zero-order valence-electron chi connectivity index (χ0n) is 9.94. The summed E-state index contributed by atoms with van der Waals surface area (Å²) in [4.78, 5) is 4.31. The van der Waals surface area contributed by atoms with Crippen molar-refractivity contribution in [3.63, 3.8) is 0 Å². The van der Waals surface area contributed by atoms with Crippen molar-refractivity contribution >= 4 is 0 Å². The maximum absolute atomic E-state index is 6.10. The van der Waals surface area contributed by atoms with Gasteiger partial charge in [0.1, 0.15) is 6.26 Å². The van der Waals surface area contributed by atoms with E-state index in [9.17, 15) is 0 Å². The van der Waals surface area contributed by atoms with Crippen LogP contribution in [0.2, 0.25) is 0 Å². The summed E-state index contributed by atoms with van der Waals surface area (Å²) < 4.78 is 5.37. The first-order valence-corrected chi connectivity index (χ1v) is 5.95. The Labute approximate surface area is 101 Å². The van der Waals surface area contributed by atoms with Gasteiger partial charge in [-0.15, -0.1) is 0 Å². The monoisotopic (exact) mass is 228 g/mol. The molecule has 1 saturated carbocycles. The number of oxazole rings is 1. The molecule has 0 amide bonds. The molecule has 3 heteroatoms. The maximum atomic E-state index is 6.10. The van der Waals surface area contributed by atoms with E-state index < -0.39 is 0 Å². The highest BCUT2D eigenvalue weighted by molar-refractivity contribution is 5.53. The van der Waals surface area contributed by atoms with E-state index in [-0.39, 0.29) is 5.54 Å². The SMILES string of the molecule is Cc1coc(-c2ccc(CC3(N)CC3)cc2)n1. The molecule has 0 atom stereocenters. The van der Waals surface area contributed by atoms with Crippen LogP contribution in [-0.2, 0) is 6.42 Å². The summed E-state index contributed by atoms with van der Waals surface area (Å²) >= 11 is 0. The smallest absolute Gasteiger partial charge is 0.226 e. The molecular formula is C14H16N2O. The minimum Gasteiger partial charge on any atom is -0.444 e. The molecule has 3 rings (SSSR count). The Kier molecular flexibility index (Phi) is 2.30. The lowest BCUT2D eigenvalue weighted by atomic mass is 10.0. The van der Waals surface area contributed by atoms with Gasteiger partial charge in [-0.2, -0.15) is 0 Å². The molecule has 0 unspecified atom stereocenters. The van der Waals surface area contributed by atoms with E-state index >= 15 is 0 Å². The lowest BCUT2D eigenvalue weighted by Crippen LogP contribution is -2.24. The summed E-state index contributed by atoms with van der Waals surface area (Å²) in [6.45, 7) is 1.92. The summed E-state index contributed by atoms with van der Waals surface area (Å²) in [5, 5.41) is 0. The fraction of sp³-hybridized carbons (Fsp3) is 0.357. The second kappa shape index (κ2) is 3.70. The predicted octanol–water partition coefficient (Wildman–Crippen LogP) is 2.68. The first-order chi connectivity index (χ1) is 8.15. The van der Waals surface area contributed by atoms with Gasteiger partial charge in [0.2, 0.25) is 5.89 Å². The lowest BCUT2D eigenvalue weighted by molar-refractivity contribution is 0.573. The summed E-state index contributed by atoms with van der Waals surface area (Å²) in [5.41, 5.74) is 9.38. The van der Waals surface area contributed by atoms with E-state index in [1.165, 1.54) is 5.56 Å². The summed E-state index contributed by atoms with van der Waals surface area (Å²) in [7, 11) is 0. The molecule has 2 aromatic rings. The van der Waals surface area contributed by atoms with E-state index in [1.54, 1.807) is 6.26 Å². The molecule has 0 bridgehead atoms. The molecule has 0 aliphatic heterocycles. The minimum atomic E-state index is 0.0705. The van der Waals surface area contributed by atoms with Crippen molar-refractivity contribution in [1.29, 1.82) is 0 Å². The van der Waals surface area contributed by atoms with Crippen LogP contribution < -0.4 is 5.73 Å². The molecule has 1 heterocycles. The molecule has 0 radical (unpaired) electrons.